The lowest BCUT2D eigenvalue weighted by atomic mass is 10.1. The molecule has 3 N–H and O–H groups in total. The molecule has 0 spiro atoms. The molecule has 2 saturated heterocycles. The van der Waals surface area contributed by atoms with Gasteiger partial charge in [0, 0.05) is 38.8 Å². The number of hydrogen-bond acceptors (Lipinski definition) is 5. The summed E-state index contributed by atoms with van der Waals surface area (Å²) in [4.78, 5) is 31.5. The molecule has 2 aliphatic heterocycles. The summed E-state index contributed by atoms with van der Waals surface area (Å²) in [7, 11) is 0. The predicted octanol–water partition coefficient (Wildman–Crippen LogP) is -0.174. The third-order valence-corrected chi connectivity index (χ3v) is 4.35. The van der Waals surface area contributed by atoms with Crippen molar-refractivity contribution in [1.82, 2.24) is 15.2 Å². The highest BCUT2D eigenvalue weighted by atomic mass is 19.3. The minimum Gasteiger partial charge on any atom is -0.365 e. The number of carbonyl (C=O) groups excluding carboxylic acids is 2. The number of hydrogen-bond donors (Lipinski definition) is 2. The van der Waals surface area contributed by atoms with E-state index in [-0.39, 0.29) is 5.91 Å². The largest absolute Gasteiger partial charge is 0.365 e. The summed E-state index contributed by atoms with van der Waals surface area (Å²) in [6.07, 6.45) is 1.11. The van der Waals surface area contributed by atoms with Gasteiger partial charge in [0.15, 0.2) is 0 Å². The third-order valence-electron chi connectivity index (χ3n) is 4.35. The zero-order chi connectivity index (χ0) is 17.3. The van der Waals surface area contributed by atoms with Crippen molar-refractivity contribution < 1.29 is 18.4 Å². The first-order chi connectivity index (χ1) is 11.4. The van der Waals surface area contributed by atoms with E-state index in [1.807, 2.05) is 4.90 Å². The second-order valence-electron chi connectivity index (χ2n) is 6.04. The second-order valence-corrected chi connectivity index (χ2v) is 6.04. The van der Waals surface area contributed by atoms with E-state index < -0.39 is 30.8 Å². The third kappa shape index (κ3) is 3.30. The topological polar surface area (TPSA) is 91.6 Å². The number of rotatable bonds is 3. The lowest BCUT2D eigenvalue weighted by Gasteiger charge is -2.37. The van der Waals surface area contributed by atoms with Crippen molar-refractivity contribution in [1.29, 1.82) is 0 Å². The maximum atomic E-state index is 13.2. The smallest absolute Gasteiger partial charge is 0.262 e. The molecule has 24 heavy (non-hydrogen) atoms. The van der Waals surface area contributed by atoms with Crippen LogP contribution in [0.25, 0.3) is 0 Å². The average Bonchev–Trinajstić information content (AvgIpc) is 2.94. The molecule has 1 atom stereocenters. The van der Waals surface area contributed by atoms with Crippen LogP contribution in [0.1, 0.15) is 16.8 Å². The average molecular weight is 339 g/mol. The number of nitrogens with one attached hydrogen (secondary N) is 1. The highest BCUT2D eigenvalue weighted by Gasteiger charge is 2.43. The zero-order valence-electron chi connectivity index (χ0n) is 13.0. The molecule has 1 aromatic rings. The van der Waals surface area contributed by atoms with Crippen LogP contribution in [-0.2, 0) is 4.79 Å². The Kier molecular flexibility index (Phi) is 4.35. The van der Waals surface area contributed by atoms with Crippen LogP contribution in [0.15, 0.2) is 18.3 Å². The van der Waals surface area contributed by atoms with Gasteiger partial charge in [-0.3, -0.25) is 14.9 Å². The molecule has 7 nitrogen and oxygen atoms in total. The van der Waals surface area contributed by atoms with E-state index >= 15 is 0 Å². The molecule has 3 rings (SSSR count). The molecule has 2 amide bonds. The van der Waals surface area contributed by atoms with Crippen LogP contribution in [-0.4, -0.2) is 66.4 Å². The first kappa shape index (κ1) is 16.6. The van der Waals surface area contributed by atoms with Crippen molar-refractivity contribution in [2.45, 2.75) is 18.4 Å². The maximum Gasteiger partial charge on any atom is 0.262 e. The van der Waals surface area contributed by atoms with Crippen molar-refractivity contribution in [3.63, 3.8) is 0 Å². The molecule has 1 aromatic heterocycles. The Bertz CT molecular complexity index is 647. The normalized spacial score (nSPS) is 23.3. The number of carbonyl (C=O) groups is 2. The van der Waals surface area contributed by atoms with Crippen LogP contribution in [0.4, 0.5) is 14.6 Å². The van der Waals surface area contributed by atoms with Crippen LogP contribution in [0, 0.1) is 0 Å². The number of pyridine rings is 1. The Balaban J connectivity index is 1.62. The van der Waals surface area contributed by atoms with Crippen LogP contribution in [0.3, 0.4) is 0 Å². The van der Waals surface area contributed by atoms with Gasteiger partial charge in [0.1, 0.15) is 5.82 Å². The van der Waals surface area contributed by atoms with E-state index in [0.29, 0.717) is 37.6 Å². The van der Waals surface area contributed by atoms with E-state index in [1.165, 1.54) is 0 Å². The summed E-state index contributed by atoms with van der Waals surface area (Å²) >= 11 is 0. The van der Waals surface area contributed by atoms with Gasteiger partial charge in [-0.1, -0.05) is 0 Å². The second kappa shape index (κ2) is 6.31. The zero-order valence-corrected chi connectivity index (χ0v) is 13.0. The standard InChI is InChI=1S/C15H19F2N5O2/c16-15(17)8-11(20-9-15)14(24)22-6-4-21(5-7-22)13-10(12(18)23)2-1-3-19-13/h1-3,11,20H,4-9H2,(H2,18,23). The number of piperazine rings is 1. The molecule has 0 radical (unpaired) electrons. The van der Waals surface area contributed by atoms with Crippen molar-refractivity contribution in [2.24, 2.45) is 5.73 Å². The van der Waals surface area contributed by atoms with Gasteiger partial charge in [0.05, 0.1) is 18.2 Å². The van der Waals surface area contributed by atoms with Gasteiger partial charge >= 0.3 is 0 Å². The number of primary amides is 1. The lowest BCUT2D eigenvalue weighted by Crippen LogP contribution is -2.53. The first-order valence-corrected chi connectivity index (χ1v) is 7.77. The van der Waals surface area contributed by atoms with Crippen molar-refractivity contribution in [3.8, 4) is 0 Å². The summed E-state index contributed by atoms with van der Waals surface area (Å²) in [5.41, 5.74) is 5.68. The van der Waals surface area contributed by atoms with Crippen molar-refractivity contribution >= 4 is 17.6 Å². The summed E-state index contributed by atoms with van der Waals surface area (Å²) in [6.45, 7) is 1.24. The van der Waals surface area contributed by atoms with Crippen LogP contribution in [0.5, 0.6) is 0 Å². The SMILES string of the molecule is NC(=O)c1cccnc1N1CCN(C(=O)C2CC(F)(F)CN2)CC1. The maximum absolute atomic E-state index is 13.2. The lowest BCUT2D eigenvalue weighted by molar-refractivity contribution is -0.134. The minimum absolute atomic E-state index is 0.303. The monoisotopic (exact) mass is 339 g/mol. The fourth-order valence-corrected chi connectivity index (χ4v) is 3.09. The van der Waals surface area contributed by atoms with Gasteiger partial charge in [0.2, 0.25) is 5.91 Å². The number of halogens is 2. The fourth-order valence-electron chi connectivity index (χ4n) is 3.09. The van der Waals surface area contributed by atoms with Crippen LogP contribution < -0.4 is 16.0 Å². The molecule has 0 aromatic carbocycles. The summed E-state index contributed by atoms with van der Waals surface area (Å²) in [5.74, 6) is -3.20. The van der Waals surface area contributed by atoms with E-state index in [1.54, 1.807) is 23.2 Å². The van der Waals surface area contributed by atoms with Crippen molar-refractivity contribution in [3.05, 3.63) is 23.9 Å². The molecular formula is C15H19F2N5O2. The number of amides is 2. The number of alkyl halides is 2. The van der Waals surface area contributed by atoms with Gasteiger partial charge in [-0.2, -0.15) is 0 Å². The Morgan fingerprint density at radius 1 is 1.29 bits per heavy atom. The van der Waals surface area contributed by atoms with Gasteiger partial charge < -0.3 is 15.5 Å². The Morgan fingerprint density at radius 2 is 2.00 bits per heavy atom. The molecule has 0 aliphatic carbocycles. The Morgan fingerprint density at radius 3 is 2.58 bits per heavy atom. The number of aromatic nitrogens is 1. The predicted molar refractivity (Wildman–Crippen MR) is 82.9 cm³/mol. The summed E-state index contributed by atoms with van der Waals surface area (Å²) < 4.78 is 26.5. The molecule has 0 bridgehead atoms. The number of anilines is 1. The van der Waals surface area contributed by atoms with Crippen LogP contribution >= 0.6 is 0 Å². The molecule has 2 fully saturated rings. The quantitative estimate of drug-likeness (QED) is 0.798. The first-order valence-electron chi connectivity index (χ1n) is 7.77. The van der Waals surface area contributed by atoms with Crippen LogP contribution in [0.2, 0.25) is 0 Å². The molecule has 130 valence electrons. The highest BCUT2D eigenvalue weighted by Crippen LogP contribution is 2.26. The summed E-state index contributed by atoms with van der Waals surface area (Å²) in [6, 6.07) is 2.41. The van der Waals surface area contributed by atoms with E-state index in [9.17, 15) is 18.4 Å². The Labute approximate surface area is 137 Å². The number of nitrogens with zero attached hydrogens (tertiary/aromatic N) is 3. The van der Waals surface area contributed by atoms with Gasteiger partial charge in [0.25, 0.3) is 11.8 Å². The van der Waals surface area contributed by atoms with Gasteiger partial charge in [-0.05, 0) is 12.1 Å². The highest BCUT2D eigenvalue weighted by molar-refractivity contribution is 5.97. The molecular weight excluding hydrogens is 320 g/mol. The molecule has 1 unspecified atom stereocenters. The Hall–Kier alpha value is -2.29. The number of nitrogens with two attached hydrogens (primary N) is 1. The van der Waals surface area contributed by atoms with E-state index in [4.69, 9.17) is 5.73 Å². The molecule has 2 aliphatic rings. The molecule has 9 heteroatoms. The van der Waals surface area contributed by atoms with E-state index in [0.717, 1.165) is 0 Å². The van der Waals surface area contributed by atoms with E-state index in [2.05, 4.69) is 10.3 Å². The fraction of sp³-hybridized carbons (Fsp3) is 0.533. The van der Waals surface area contributed by atoms with Gasteiger partial charge in [-0.15, -0.1) is 0 Å². The molecule has 3 heterocycles. The van der Waals surface area contributed by atoms with Gasteiger partial charge in [-0.25, -0.2) is 13.8 Å². The van der Waals surface area contributed by atoms with Crippen molar-refractivity contribution in [2.75, 3.05) is 37.6 Å². The molecule has 0 saturated carbocycles. The minimum atomic E-state index is -2.83. The summed E-state index contributed by atoms with van der Waals surface area (Å²) in [5, 5.41) is 2.58.